The van der Waals surface area contributed by atoms with Crippen molar-refractivity contribution in [3.63, 3.8) is 0 Å². The lowest BCUT2D eigenvalue weighted by Crippen LogP contribution is -2.10. The summed E-state index contributed by atoms with van der Waals surface area (Å²) in [4.78, 5) is 4.08. The van der Waals surface area contributed by atoms with Crippen LogP contribution in [0.4, 0.5) is 4.39 Å². The van der Waals surface area contributed by atoms with Gasteiger partial charge in [0, 0.05) is 12.1 Å². The number of hydrogen-bond acceptors (Lipinski definition) is 3. The Labute approximate surface area is 86.6 Å². The van der Waals surface area contributed by atoms with Crippen molar-refractivity contribution >= 4 is 0 Å². The van der Waals surface area contributed by atoms with Crippen LogP contribution in [0.25, 0.3) is 11.4 Å². The van der Waals surface area contributed by atoms with E-state index in [9.17, 15) is 4.39 Å². The Balaban J connectivity index is 2.29. The van der Waals surface area contributed by atoms with Crippen LogP contribution in [0.5, 0.6) is 0 Å². The molecule has 4 nitrogen and oxygen atoms in total. The molecule has 5 heteroatoms. The lowest BCUT2D eigenvalue weighted by atomic mass is 10.2. The number of hydrogen-bond donors (Lipinski definition) is 1. The fourth-order valence-electron chi connectivity index (χ4n) is 1.29. The summed E-state index contributed by atoms with van der Waals surface area (Å²) in [6, 6.07) is 6.20. The van der Waals surface area contributed by atoms with Crippen LogP contribution in [0.3, 0.4) is 0 Å². The highest BCUT2D eigenvalue weighted by Gasteiger charge is 2.04. The molecule has 0 radical (unpaired) electrons. The van der Waals surface area contributed by atoms with Crippen LogP contribution in [-0.2, 0) is 6.54 Å². The smallest absolute Gasteiger partial charge is 0.181 e. The zero-order valence-electron chi connectivity index (χ0n) is 8.10. The van der Waals surface area contributed by atoms with Crippen molar-refractivity contribution in [2.45, 2.75) is 6.54 Å². The van der Waals surface area contributed by atoms with Crippen LogP contribution < -0.4 is 5.73 Å². The molecule has 1 aromatic carbocycles. The van der Waals surface area contributed by atoms with E-state index in [2.05, 4.69) is 10.1 Å². The van der Waals surface area contributed by atoms with Crippen molar-refractivity contribution in [1.29, 1.82) is 0 Å². The van der Waals surface area contributed by atoms with Gasteiger partial charge in [-0.3, -0.25) is 4.68 Å². The van der Waals surface area contributed by atoms with E-state index in [-0.39, 0.29) is 5.82 Å². The number of halogens is 1. The van der Waals surface area contributed by atoms with Crippen LogP contribution >= 0.6 is 0 Å². The summed E-state index contributed by atoms with van der Waals surface area (Å²) in [5.41, 5.74) is 6.06. The molecule has 2 N–H and O–H groups in total. The Hall–Kier alpha value is -1.75. The summed E-state index contributed by atoms with van der Waals surface area (Å²) >= 11 is 0. The first-order valence-electron chi connectivity index (χ1n) is 4.65. The van der Waals surface area contributed by atoms with Crippen LogP contribution in [0.2, 0.25) is 0 Å². The Bertz CT molecular complexity index is 452. The van der Waals surface area contributed by atoms with Crippen LogP contribution in [0, 0.1) is 5.82 Å². The normalized spacial score (nSPS) is 10.5. The minimum absolute atomic E-state index is 0.289. The van der Waals surface area contributed by atoms with Gasteiger partial charge in [-0.1, -0.05) is 12.1 Å². The van der Waals surface area contributed by atoms with Gasteiger partial charge in [0.2, 0.25) is 0 Å². The maximum absolute atomic E-state index is 12.9. The molecule has 0 aliphatic rings. The standard InChI is InChI=1S/C10H11FN4/c11-9-3-1-2-8(6-9)10-13-7-15(14-10)5-4-12/h1-3,6-7H,4-5,12H2. The second-order valence-corrected chi connectivity index (χ2v) is 3.13. The van der Waals surface area contributed by atoms with E-state index in [1.165, 1.54) is 12.1 Å². The number of nitrogens with zero attached hydrogens (tertiary/aromatic N) is 3. The molecule has 0 unspecified atom stereocenters. The van der Waals surface area contributed by atoms with Crippen molar-refractivity contribution < 1.29 is 4.39 Å². The minimum atomic E-state index is -0.289. The van der Waals surface area contributed by atoms with Gasteiger partial charge >= 0.3 is 0 Å². The third kappa shape index (κ3) is 2.19. The minimum Gasteiger partial charge on any atom is -0.329 e. The van der Waals surface area contributed by atoms with E-state index >= 15 is 0 Å². The van der Waals surface area contributed by atoms with Gasteiger partial charge in [-0.2, -0.15) is 5.10 Å². The zero-order valence-corrected chi connectivity index (χ0v) is 8.10. The highest BCUT2D eigenvalue weighted by molar-refractivity contribution is 5.53. The molecule has 0 aliphatic heterocycles. The summed E-state index contributed by atoms with van der Waals surface area (Å²) in [7, 11) is 0. The third-order valence-corrected chi connectivity index (χ3v) is 1.98. The highest BCUT2D eigenvalue weighted by atomic mass is 19.1. The fraction of sp³-hybridized carbons (Fsp3) is 0.200. The molecule has 1 aromatic heterocycles. The van der Waals surface area contributed by atoms with Gasteiger partial charge < -0.3 is 5.73 Å². The van der Waals surface area contributed by atoms with Crippen LogP contribution in [-0.4, -0.2) is 21.3 Å². The largest absolute Gasteiger partial charge is 0.329 e. The molecule has 0 fully saturated rings. The molecule has 15 heavy (non-hydrogen) atoms. The predicted molar refractivity (Wildman–Crippen MR) is 54.5 cm³/mol. The monoisotopic (exact) mass is 206 g/mol. The summed E-state index contributed by atoms with van der Waals surface area (Å²) < 4.78 is 14.6. The van der Waals surface area contributed by atoms with Crippen molar-refractivity contribution in [3.05, 3.63) is 36.4 Å². The summed E-state index contributed by atoms with van der Waals surface area (Å²) in [5.74, 6) is 0.227. The second-order valence-electron chi connectivity index (χ2n) is 3.13. The van der Waals surface area contributed by atoms with Gasteiger partial charge in [0.15, 0.2) is 5.82 Å². The van der Waals surface area contributed by atoms with Crippen LogP contribution in [0.1, 0.15) is 0 Å². The lowest BCUT2D eigenvalue weighted by molar-refractivity contribution is 0.622. The molecule has 0 amide bonds. The summed E-state index contributed by atoms with van der Waals surface area (Å²) in [5, 5.41) is 4.17. The van der Waals surface area contributed by atoms with Crippen LogP contribution in [0.15, 0.2) is 30.6 Å². The van der Waals surface area contributed by atoms with E-state index in [0.29, 0.717) is 24.5 Å². The average molecular weight is 206 g/mol. The average Bonchev–Trinajstić information content (AvgIpc) is 2.67. The zero-order chi connectivity index (χ0) is 10.7. The Kier molecular flexibility index (Phi) is 2.73. The van der Waals surface area contributed by atoms with E-state index < -0.39 is 0 Å². The Morgan fingerprint density at radius 1 is 1.40 bits per heavy atom. The highest BCUT2D eigenvalue weighted by Crippen LogP contribution is 2.14. The van der Waals surface area contributed by atoms with E-state index in [4.69, 9.17) is 5.73 Å². The van der Waals surface area contributed by atoms with Gasteiger partial charge in [0.25, 0.3) is 0 Å². The van der Waals surface area contributed by atoms with E-state index in [1.54, 1.807) is 23.1 Å². The molecule has 2 rings (SSSR count). The third-order valence-electron chi connectivity index (χ3n) is 1.98. The first-order valence-corrected chi connectivity index (χ1v) is 4.65. The number of benzene rings is 1. The molecular weight excluding hydrogens is 195 g/mol. The van der Waals surface area contributed by atoms with Crippen molar-refractivity contribution in [2.24, 2.45) is 5.73 Å². The van der Waals surface area contributed by atoms with Gasteiger partial charge in [-0.05, 0) is 12.1 Å². The predicted octanol–water partition coefficient (Wildman–Crippen LogP) is 1.04. The molecule has 2 aromatic rings. The van der Waals surface area contributed by atoms with E-state index in [0.717, 1.165) is 0 Å². The molecule has 78 valence electrons. The fourth-order valence-corrected chi connectivity index (χ4v) is 1.29. The molecule has 0 aliphatic carbocycles. The molecule has 0 saturated heterocycles. The van der Waals surface area contributed by atoms with Gasteiger partial charge in [-0.25, -0.2) is 9.37 Å². The van der Waals surface area contributed by atoms with Crippen molar-refractivity contribution in [1.82, 2.24) is 14.8 Å². The maximum Gasteiger partial charge on any atom is 0.181 e. The van der Waals surface area contributed by atoms with Gasteiger partial charge in [0.1, 0.15) is 12.1 Å². The molecule has 1 heterocycles. The van der Waals surface area contributed by atoms with Gasteiger partial charge in [0.05, 0.1) is 6.54 Å². The molecule has 0 bridgehead atoms. The van der Waals surface area contributed by atoms with Crippen molar-refractivity contribution in [2.75, 3.05) is 6.54 Å². The number of aromatic nitrogens is 3. The number of nitrogens with two attached hydrogens (primary N) is 1. The van der Waals surface area contributed by atoms with E-state index in [1.807, 2.05) is 0 Å². The summed E-state index contributed by atoms with van der Waals surface area (Å²) in [6.07, 6.45) is 1.59. The topological polar surface area (TPSA) is 56.7 Å². The lowest BCUT2D eigenvalue weighted by Gasteiger charge is -1.96. The Morgan fingerprint density at radius 3 is 3.00 bits per heavy atom. The van der Waals surface area contributed by atoms with Gasteiger partial charge in [-0.15, -0.1) is 0 Å². The number of rotatable bonds is 3. The molecule has 0 spiro atoms. The second kappa shape index (κ2) is 4.18. The summed E-state index contributed by atoms with van der Waals surface area (Å²) in [6.45, 7) is 1.12. The molecular formula is C10H11FN4. The SMILES string of the molecule is NCCn1cnc(-c2cccc(F)c2)n1. The first-order chi connectivity index (χ1) is 7.29. The molecule has 0 saturated carbocycles. The van der Waals surface area contributed by atoms with Crippen molar-refractivity contribution in [3.8, 4) is 11.4 Å². The quantitative estimate of drug-likeness (QED) is 0.816. The maximum atomic E-state index is 12.9. The Morgan fingerprint density at radius 2 is 2.27 bits per heavy atom. The molecule has 0 atom stereocenters. The first kappa shape index (κ1) is 9.79.